The summed E-state index contributed by atoms with van der Waals surface area (Å²) < 4.78 is 0. The molecule has 0 aliphatic heterocycles. The van der Waals surface area contributed by atoms with Gasteiger partial charge in [-0.2, -0.15) is 0 Å². The summed E-state index contributed by atoms with van der Waals surface area (Å²) in [5.74, 6) is 0. The van der Waals surface area contributed by atoms with Gasteiger partial charge in [0, 0.05) is 17.1 Å². The molecule has 0 saturated heterocycles. The number of hydrogen-bond donors (Lipinski definition) is 2. The molecule has 0 fully saturated rings. The van der Waals surface area contributed by atoms with Crippen molar-refractivity contribution < 1.29 is 27.5 Å². The molecule has 0 aliphatic rings. The first-order valence-electron chi connectivity index (χ1n) is 1.25. The van der Waals surface area contributed by atoms with E-state index in [1.165, 1.54) is 0 Å². The van der Waals surface area contributed by atoms with Crippen LogP contribution in [0.3, 0.4) is 0 Å². The Morgan fingerprint density at radius 2 is 1.29 bits per heavy atom. The van der Waals surface area contributed by atoms with Crippen molar-refractivity contribution in [3.05, 3.63) is 0 Å². The molecule has 0 aliphatic carbocycles. The summed E-state index contributed by atoms with van der Waals surface area (Å²) in [6.07, 6.45) is 1.89. The first-order chi connectivity index (χ1) is 2.91. The van der Waals surface area contributed by atoms with Gasteiger partial charge >= 0.3 is 0 Å². The molecule has 0 bridgehead atoms. The quantitative estimate of drug-likeness (QED) is 0.233. The van der Waals surface area contributed by atoms with E-state index < -0.39 is 0 Å². The minimum atomic E-state index is 0. The number of rotatable bonds is 1. The Balaban J connectivity index is 0. The van der Waals surface area contributed by atoms with E-state index in [2.05, 4.69) is 10.3 Å². The van der Waals surface area contributed by atoms with Crippen LogP contribution in [0.1, 0.15) is 0 Å². The molecule has 5 heteroatoms. The average Bonchev–Trinajstić information content (AvgIpc) is 1.61. The molecule has 7 heavy (non-hydrogen) atoms. The molecule has 0 saturated carbocycles. The van der Waals surface area contributed by atoms with Crippen molar-refractivity contribution in [3.63, 3.8) is 0 Å². The fraction of sp³-hybridized carbons (Fsp3) is 0. The summed E-state index contributed by atoms with van der Waals surface area (Å²) in [5, 5.41) is 20.1. The van der Waals surface area contributed by atoms with Crippen LogP contribution in [0, 0.1) is 0 Å². The fourth-order valence-corrected chi connectivity index (χ4v) is 0.0596. The number of oxime groups is 2. The van der Waals surface area contributed by atoms with E-state index in [-0.39, 0.29) is 17.1 Å². The van der Waals surface area contributed by atoms with Crippen molar-refractivity contribution in [2.75, 3.05) is 0 Å². The minimum Gasteiger partial charge on any atom is -0.411 e. The Kier molecular flexibility index (Phi) is 12.5. The van der Waals surface area contributed by atoms with Gasteiger partial charge in [0.15, 0.2) is 0 Å². The van der Waals surface area contributed by atoms with E-state index in [4.69, 9.17) is 10.4 Å². The Hall–Kier alpha value is -0.541. The van der Waals surface area contributed by atoms with Crippen LogP contribution in [0.25, 0.3) is 0 Å². The molecule has 0 aromatic heterocycles. The van der Waals surface area contributed by atoms with E-state index >= 15 is 0 Å². The largest absolute Gasteiger partial charge is 0.411 e. The van der Waals surface area contributed by atoms with Crippen LogP contribution in [-0.2, 0) is 17.1 Å². The van der Waals surface area contributed by atoms with Crippen molar-refractivity contribution in [3.8, 4) is 0 Å². The van der Waals surface area contributed by atoms with Gasteiger partial charge in [-0.25, -0.2) is 0 Å². The molecule has 0 aromatic rings. The predicted octanol–water partition coefficient (Wildman–Crippen LogP) is -0.0961. The summed E-state index contributed by atoms with van der Waals surface area (Å²) in [4.78, 5) is 0. The third-order valence-electron chi connectivity index (χ3n) is 0.200. The van der Waals surface area contributed by atoms with Crippen LogP contribution < -0.4 is 0 Å². The monoisotopic (exact) mass is 143 g/mol. The summed E-state index contributed by atoms with van der Waals surface area (Å²) in [6, 6.07) is 0. The second kappa shape index (κ2) is 9.07. The zero-order valence-corrected chi connectivity index (χ0v) is 4.50. The van der Waals surface area contributed by atoms with Crippen LogP contribution in [0.5, 0.6) is 0 Å². The van der Waals surface area contributed by atoms with Gasteiger partial charge in [0.1, 0.15) is 0 Å². The molecular weight excluding hydrogens is 139 g/mol. The molecule has 0 unspecified atom stereocenters. The maximum Gasteiger partial charge on any atom is 0.0877 e. The molecule has 0 rings (SSSR count). The maximum atomic E-state index is 7.56. The second-order valence-corrected chi connectivity index (χ2v) is 0.529. The van der Waals surface area contributed by atoms with Gasteiger partial charge in [-0.3, -0.25) is 0 Å². The summed E-state index contributed by atoms with van der Waals surface area (Å²) in [6.45, 7) is 0. The van der Waals surface area contributed by atoms with Gasteiger partial charge in [0.25, 0.3) is 0 Å². The number of nitrogens with zero attached hydrogens (tertiary/aromatic N) is 2. The standard InChI is InChI=1S/C2H4N2O2.Mn/c5-3-1-2-4-6;/h1-2,5-6H;. The molecule has 4 nitrogen and oxygen atoms in total. The van der Waals surface area contributed by atoms with Crippen molar-refractivity contribution in [2.45, 2.75) is 0 Å². The van der Waals surface area contributed by atoms with E-state index in [0.29, 0.717) is 0 Å². The summed E-state index contributed by atoms with van der Waals surface area (Å²) in [7, 11) is 0. The molecule has 0 atom stereocenters. The summed E-state index contributed by atoms with van der Waals surface area (Å²) in [5.41, 5.74) is 0. The molecule has 2 N–H and O–H groups in total. The van der Waals surface area contributed by atoms with Crippen molar-refractivity contribution >= 4 is 12.4 Å². The van der Waals surface area contributed by atoms with Crippen molar-refractivity contribution in [1.29, 1.82) is 0 Å². The molecule has 0 amide bonds. The van der Waals surface area contributed by atoms with E-state index in [1.807, 2.05) is 0 Å². The smallest absolute Gasteiger partial charge is 0.0877 e. The van der Waals surface area contributed by atoms with E-state index in [1.54, 1.807) is 0 Å². The molecule has 0 aromatic carbocycles. The number of hydrogen-bond acceptors (Lipinski definition) is 4. The fourth-order valence-electron chi connectivity index (χ4n) is 0.0596. The summed E-state index contributed by atoms with van der Waals surface area (Å²) >= 11 is 0. The van der Waals surface area contributed by atoms with Gasteiger partial charge in [-0.1, -0.05) is 10.3 Å². The zero-order valence-electron chi connectivity index (χ0n) is 3.32. The third-order valence-corrected chi connectivity index (χ3v) is 0.200. The Bertz CT molecular complexity index is 62.1. The van der Waals surface area contributed by atoms with Gasteiger partial charge in [-0.15, -0.1) is 0 Å². The second-order valence-electron chi connectivity index (χ2n) is 0.529. The predicted molar refractivity (Wildman–Crippen MR) is 20.6 cm³/mol. The van der Waals surface area contributed by atoms with Gasteiger partial charge in [0.05, 0.1) is 12.4 Å². The van der Waals surface area contributed by atoms with Gasteiger partial charge < -0.3 is 10.4 Å². The first-order valence-corrected chi connectivity index (χ1v) is 1.25. The third kappa shape index (κ3) is 10.8. The molecule has 0 heterocycles. The minimum absolute atomic E-state index is 0. The van der Waals surface area contributed by atoms with E-state index in [0.717, 1.165) is 12.4 Å². The molecule has 1 radical (unpaired) electrons. The Labute approximate surface area is 51.0 Å². The average molecular weight is 143 g/mol. The maximum absolute atomic E-state index is 7.56. The van der Waals surface area contributed by atoms with Gasteiger partial charge in [0.2, 0.25) is 0 Å². The van der Waals surface area contributed by atoms with Crippen LogP contribution in [0.4, 0.5) is 0 Å². The Morgan fingerprint density at radius 3 is 1.43 bits per heavy atom. The van der Waals surface area contributed by atoms with E-state index in [9.17, 15) is 0 Å². The van der Waals surface area contributed by atoms with Crippen LogP contribution in [-0.4, -0.2) is 22.8 Å². The molecule has 41 valence electrons. The van der Waals surface area contributed by atoms with Crippen LogP contribution in [0.15, 0.2) is 10.3 Å². The van der Waals surface area contributed by atoms with Crippen molar-refractivity contribution in [2.24, 2.45) is 10.3 Å². The van der Waals surface area contributed by atoms with Gasteiger partial charge in [-0.05, 0) is 0 Å². The normalized spacial score (nSPS) is 9.71. The zero-order chi connectivity index (χ0) is 4.83. The Morgan fingerprint density at radius 1 is 1.00 bits per heavy atom. The first kappa shape index (κ1) is 9.68. The SMILES string of the molecule is ON=CC=NO.[Mn]. The topological polar surface area (TPSA) is 65.2 Å². The van der Waals surface area contributed by atoms with Crippen molar-refractivity contribution in [1.82, 2.24) is 0 Å². The molecular formula is C2H4MnN2O2. The van der Waals surface area contributed by atoms with Crippen LogP contribution >= 0.6 is 0 Å². The molecule has 0 spiro atoms. The van der Waals surface area contributed by atoms with Crippen LogP contribution in [0.2, 0.25) is 0 Å².